The van der Waals surface area contributed by atoms with Crippen LogP contribution in [0, 0.1) is 11.3 Å². The SMILES string of the molecule is CCC(C)NC(C#N)c1ccc(Cl)cc1Br. The average molecular weight is 302 g/mol. The summed E-state index contributed by atoms with van der Waals surface area (Å²) in [4.78, 5) is 0. The number of benzene rings is 1. The van der Waals surface area contributed by atoms with E-state index in [1.54, 1.807) is 12.1 Å². The van der Waals surface area contributed by atoms with Crippen LogP contribution >= 0.6 is 27.5 Å². The van der Waals surface area contributed by atoms with Gasteiger partial charge in [0.1, 0.15) is 6.04 Å². The van der Waals surface area contributed by atoms with Crippen LogP contribution in [0.3, 0.4) is 0 Å². The summed E-state index contributed by atoms with van der Waals surface area (Å²) in [6.45, 7) is 4.15. The van der Waals surface area contributed by atoms with Crippen LogP contribution in [0.15, 0.2) is 22.7 Å². The molecule has 2 atom stereocenters. The lowest BCUT2D eigenvalue weighted by molar-refractivity contribution is 0.500. The van der Waals surface area contributed by atoms with E-state index < -0.39 is 0 Å². The third-order valence-electron chi connectivity index (χ3n) is 2.47. The minimum absolute atomic E-state index is 0.304. The molecule has 0 saturated carbocycles. The highest BCUT2D eigenvalue weighted by atomic mass is 79.9. The summed E-state index contributed by atoms with van der Waals surface area (Å²) in [5, 5.41) is 13.1. The monoisotopic (exact) mass is 300 g/mol. The molecule has 4 heteroatoms. The maximum absolute atomic E-state index is 9.15. The molecule has 1 aromatic carbocycles. The van der Waals surface area contributed by atoms with Crippen molar-refractivity contribution in [1.82, 2.24) is 5.32 Å². The van der Waals surface area contributed by atoms with Gasteiger partial charge in [-0.15, -0.1) is 0 Å². The first kappa shape index (κ1) is 13.5. The van der Waals surface area contributed by atoms with Gasteiger partial charge in [-0.2, -0.15) is 5.26 Å². The number of nitrogens with one attached hydrogen (secondary N) is 1. The molecule has 1 N–H and O–H groups in total. The zero-order valence-corrected chi connectivity index (χ0v) is 11.6. The smallest absolute Gasteiger partial charge is 0.122 e. The van der Waals surface area contributed by atoms with Crippen LogP contribution < -0.4 is 5.32 Å². The summed E-state index contributed by atoms with van der Waals surface area (Å²) in [7, 11) is 0. The standard InChI is InChI=1S/C12H14BrClN2/c1-3-8(2)16-12(7-15)10-5-4-9(14)6-11(10)13/h4-6,8,12,16H,3H2,1-2H3. The maximum atomic E-state index is 9.15. The van der Waals surface area contributed by atoms with Gasteiger partial charge in [0.15, 0.2) is 0 Å². The Balaban J connectivity index is 2.92. The molecule has 0 saturated heterocycles. The van der Waals surface area contributed by atoms with Crippen molar-refractivity contribution in [1.29, 1.82) is 5.26 Å². The minimum Gasteiger partial charge on any atom is -0.296 e. The van der Waals surface area contributed by atoms with Gasteiger partial charge in [-0.3, -0.25) is 5.32 Å². The number of hydrogen-bond acceptors (Lipinski definition) is 2. The van der Waals surface area contributed by atoms with Crippen LogP contribution in [0.25, 0.3) is 0 Å². The highest BCUT2D eigenvalue weighted by Crippen LogP contribution is 2.26. The van der Waals surface area contributed by atoms with Gasteiger partial charge in [-0.05, 0) is 31.0 Å². The predicted octanol–water partition coefficient (Wildman–Crippen LogP) is 4.06. The van der Waals surface area contributed by atoms with Crippen LogP contribution in [0.1, 0.15) is 31.9 Å². The van der Waals surface area contributed by atoms with Crippen molar-refractivity contribution in [3.63, 3.8) is 0 Å². The van der Waals surface area contributed by atoms with Crippen molar-refractivity contribution >= 4 is 27.5 Å². The molecule has 0 amide bonds. The molecule has 0 radical (unpaired) electrons. The number of nitriles is 1. The first-order chi connectivity index (χ1) is 7.58. The summed E-state index contributed by atoms with van der Waals surface area (Å²) in [5.74, 6) is 0. The predicted molar refractivity (Wildman–Crippen MR) is 70.4 cm³/mol. The third-order valence-corrected chi connectivity index (χ3v) is 3.39. The Morgan fingerprint density at radius 3 is 2.75 bits per heavy atom. The molecule has 0 aliphatic rings. The van der Waals surface area contributed by atoms with Crippen molar-refractivity contribution in [2.24, 2.45) is 0 Å². The molecule has 0 heterocycles. The summed E-state index contributed by atoms with van der Waals surface area (Å²) in [6, 6.07) is 7.74. The molecular weight excluding hydrogens is 288 g/mol. The van der Waals surface area contributed by atoms with Crippen molar-refractivity contribution in [3.8, 4) is 6.07 Å². The van der Waals surface area contributed by atoms with E-state index in [2.05, 4.69) is 41.2 Å². The van der Waals surface area contributed by atoms with Gasteiger partial charge in [-0.1, -0.05) is 40.5 Å². The molecule has 86 valence electrons. The average Bonchev–Trinajstić information content (AvgIpc) is 2.26. The molecule has 0 aliphatic heterocycles. The molecule has 0 aromatic heterocycles. The zero-order chi connectivity index (χ0) is 12.1. The third kappa shape index (κ3) is 3.48. The van der Waals surface area contributed by atoms with Gasteiger partial charge in [0.25, 0.3) is 0 Å². The number of hydrogen-bond donors (Lipinski definition) is 1. The second-order valence-corrected chi connectivity index (χ2v) is 4.99. The molecule has 1 aromatic rings. The van der Waals surface area contributed by atoms with Gasteiger partial charge in [0.2, 0.25) is 0 Å². The van der Waals surface area contributed by atoms with E-state index in [9.17, 15) is 0 Å². The lowest BCUT2D eigenvalue weighted by atomic mass is 10.1. The summed E-state index contributed by atoms with van der Waals surface area (Å²) in [6.07, 6.45) is 0.989. The van der Waals surface area contributed by atoms with Gasteiger partial charge in [0, 0.05) is 15.5 Å². The largest absolute Gasteiger partial charge is 0.296 e. The lowest BCUT2D eigenvalue weighted by Gasteiger charge is -2.18. The Kier molecular flexibility index (Phi) is 5.27. The Morgan fingerprint density at radius 1 is 1.56 bits per heavy atom. The van der Waals surface area contributed by atoms with Crippen LogP contribution in [-0.2, 0) is 0 Å². The number of nitrogens with zero attached hydrogens (tertiary/aromatic N) is 1. The first-order valence-corrected chi connectivity index (χ1v) is 6.36. The normalized spacial score (nSPS) is 14.2. The van der Waals surface area contributed by atoms with E-state index >= 15 is 0 Å². The van der Waals surface area contributed by atoms with Crippen molar-refractivity contribution in [2.45, 2.75) is 32.4 Å². The second-order valence-electron chi connectivity index (χ2n) is 3.70. The highest BCUT2D eigenvalue weighted by molar-refractivity contribution is 9.10. The van der Waals surface area contributed by atoms with Crippen molar-refractivity contribution < 1.29 is 0 Å². The molecule has 0 spiro atoms. The molecular formula is C12H14BrClN2. The number of halogens is 2. The summed E-state index contributed by atoms with van der Waals surface area (Å²) >= 11 is 9.29. The fourth-order valence-corrected chi connectivity index (χ4v) is 2.25. The Bertz CT molecular complexity index is 400. The topological polar surface area (TPSA) is 35.8 Å². The maximum Gasteiger partial charge on any atom is 0.122 e. The quantitative estimate of drug-likeness (QED) is 0.910. The molecule has 2 unspecified atom stereocenters. The molecule has 0 aliphatic carbocycles. The van der Waals surface area contributed by atoms with Gasteiger partial charge in [0.05, 0.1) is 6.07 Å². The van der Waals surface area contributed by atoms with Crippen LogP contribution in [0.2, 0.25) is 5.02 Å². The summed E-state index contributed by atoms with van der Waals surface area (Å²) in [5.41, 5.74) is 0.923. The Morgan fingerprint density at radius 2 is 2.25 bits per heavy atom. The van der Waals surface area contributed by atoms with E-state index in [0.717, 1.165) is 16.5 Å². The second kappa shape index (κ2) is 6.24. The molecule has 0 fully saturated rings. The lowest BCUT2D eigenvalue weighted by Crippen LogP contribution is -2.29. The van der Waals surface area contributed by atoms with Crippen molar-refractivity contribution in [2.75, 3.05) is 0 Å². The molecule has 16 heavy (non-hydrogen) atoms. The van der Waals surface area contributed by atoms with Crippen LogP contribution in [-0.4, -0.2) is 6.04 Å². The summed E-state index contributed by atoms with van der Waals surface area (Å²) < 4.78 is 0.863. The fraction of sp³-hybridized carbons (Fsp3) is 0.417. The van der Waals surface area contributed by atoms with Crippen LogP contribution in [0.5, 0.6) is 0 Å². The van der Waals surface area contributed by atoms with Crippen LogP contribution in [0.4, 0.5) is 0 Å². The van der Waals surface area contributed by atoms with Gasteiger partial charge < -0.3 is 0 Å². The highest BCUT2D eigenvalue weighted by Gasteiger charge is 2.15. The van der Waals surface area contributed by atoms with Gasteiger partial charge >= 0.3 is 0 Å². The number of rotatable bonds is 4. The van der Waals surface area contributed by atoms with Crippen molar-refractivity contribution in [3.05, 3.63) is 33.3 Å². The first-order valence-electron chi connectivity index (χ1n) is 5.19. The van der Waals surface area contributed by atoms with E-state index in [1.807, 2.05) is 6.07 Å². The van der Waals surface area contributed by atoms with E-state index in [4.69, 9.17) is 16.9 Å². The van der Waals surface area contributed by atoms with E-state index in [0.29, 0.717) is 11.1 Å². The fourth-order valence-electron chi connectivity index (χ4n) is 1.33. The zero-order valence-electron chi connectivity index (χ0n) is 9.30. The Labute approximate surface area is 110 Å². The molecule has 2 nitrogen and oxygen atoms in total. The molecule has 1 rings (SSSR count). The molecule has 0 bridgehead atoms. The van der Waals surface area contributed by atoms with E-state index in [-0.39, 0.29) is 6.04 Å². The Hall–Kier alpha value is -0.560. The van der Waals surface area contributed by atoms with Gasteiger partial charge in [-0.25, -0.2) is 0 Å². The van der Waals surface area contributed by atoms with E-state index in [1.165, 1.54) is 0 Å². The minimum atomic E-state index is -0.304.